The summed E-state index contributed by atoms with van der Waals surface area (Å²) in [7, 11) is 0. The van der Waals surface area contributed by atoms with Gasteiger partial charge < -0.3 is 4.90 Å². The van der Waals surface area contributed by atoms with Crippen molar-refractivity contribution in [1.82, 2.24) is 0 Å². The third-order valence-electron chi connectivity index (χ3n) is 2.98. The smallest absolute Gasteiger partial charge is 0.0473 e. The maximum Gasteiger partial charge on any atom is 0.0473 e. The Bertz CT molecular complexity index is 365. The molecule has 0 atom stereocenters. The van der Waals surface area contributed by atoms with Gasteiger partial charge in [-0.15, -0.1) is 0 Å². The lowest BCUT2D eigenvalue weighted by atomic mass is 10.1. The standard InChI is InChI=1S/C12H13N/c1-2-8-13-9-7-11-6-3-5-10(4-1)12(11)13/h1,3-6H,2,7-9H2. The second-order valence-electron chi connectivity index (χ2n) is 3.78. The third kappa shape index (κ3) is 0.998. The molecule has 0 fully saturated rings. The summed E-state index contributed by atoms with van der Waals surface area (Å²) in [4.78, 5) is 2.52. The second kappa shape index (κ2) is 2.63. The molecule has 1 aromatic rings. The number of rotatable bonds is 0. The zero-order chi connectivity index (χ0) is 8.67. The van der Waals surface area contributed by atoms with Crippen molar-refractivity contribution in [2.24, 2.45) is 0 Å². The lowest BCUT2D eigenvalue weighted by Gasteiger charge is -2.18. The van der Waals surface area contributed by atoms with Gasteiger partial charge in [-0.1, -0.05) is 30.4 Å². The fourth-order valence-electron chi connectivity index (χ4n) is 2.36. The second-order valence-corrected chi connectivity index (χ2v) is 3.78. The van der Waals surface area contributed by atoms with Crippen LogP contribution in [0.25, 0.3) is 6.08 Å². The summed E-state index contributed by atoms with van der Waals surface area (Å²) in [5.41, 5.74) is 4.44. The predicted octanol–water partition coefficient (Wildman–Crippen LogP) is 2.47. The van der Waals surface area contributed by atoms with E-state index in [2.05, 4.69) is 35.3 Å². The summed E-state index contributed by atoms with van der Waals surface area (Å²) in [6.45, 7) is 2.41. The van der Waals surface area contributed by atoms with Gasteiger partial charge in [-0.05, 0) is 24.0 Å². The molecule has 1 heteroatoms. The molecule has 1 aromatic carbocycles. The Morgan fingerprint density at radius 1 is 1.15 bits per heavy atom. The Balaban J connectivity index is 2.24. The molecular formula is C12H13N. The van der Waals surface area contributed by atoms with Crippen LogP contribution in [-0.4, -0.2) is 13.1 Å². The van der Waals surface area contributed by atoms with Crippen LogP contribution in [-0.2, 0) is 6.42 Å². The number of benzene rings is 1. The monoisotopic (exact) mass is 171 g/mol. The Hall–Kier alpha value is -1.24. The van der Waals surface area contributed by atoms with E-state index >= 15 is 0 Å². The number of hydrogen-bond donors (Lipinski definition) is 0. The molecule has 0 amide bonds. The van der Waals surface area contributed by atoms with Gasteiger partial charge in [0.25, 0.3) is 0 Å². The van der Waals surface area contributed by atoms with Crippen molar-refractivity contribution in [2.45, 2.75) is 12.8 Å². The molecular weight excluding hydrogens is 158 g/mol. The van der Waals surface area contributed by atoms with E-state index in [1.807, 2.05) is 0 Å². The minimum absolute atomic E-state index is 1.19. The van der Waals surface area contributed by atoms with Gasteiger partial charge in [0.05, 0.1) is 0 Å². The molecule has 2 heterocycles. The van der Waals surface area contributed by atoms with Gasteiger partial charge in [0.1, 0.15) is 0 Å². The summed E-state index contributed by atoms with van der Waals surface area (Å²) < 4.78 is 0. The van der Waals surface area contributed by atoms with Gasteiger partial charge in [-0.2, -0.15) is 0 Å². The zero-order valence-corrected chi connectivity index (χ0v) is 7.66. The SMILES string of the molecule is C1=Cc2cccc3c2N(CC1)CC3. The number of hydrogen-bond acceptors (Lipinski definition) is 1. The van der Waals surface area contributed by atoms with E-state index in [0.29, 0.717) is 0 Å². The molecule has 0 aromatic heterocycles. The van der Waals surface area contributed by atoms with Gasteiger partial charge in [-0.25, -0.2) is 0 Å². The van der Waals surface area contributed by atoms with Crippen LogP contribution in [0.3, 0.4) is 0 Å². The van der Waals surface area contributed by atoms with E-state index in [0.717, 1.165) is 0 Å². The van der Waals surface area contributed by atoms with E-state index in [1.54, 1.807) is 0 Å². The summed E-state index contributed by atoms with van der Waals surface area (Å²) >= 11 is 0. The highest BCUT2D eigenvalue weighted by Crippen LogP contribution is 2.34. The van der Waals surface area contributed by atoms with Crippen molar-refractivity contribution in [1.29, 1.82) is 0 Å². The number of para-hydroxylation sites is 1. The minimum Gasteiger partial charge on any atom is -0.370 e. The average Bonchev–Trinajstić information content (AvgIpc) is 2.44. The molecule has 0 saturated heterocycles. The first-order chi connectivity index (χ1) is 6.45. The van der Waals surface area contributed by atoms with Crippen LogP contribution in [0.15, 0.2) is 24.3 Å². The molecule has 0 aliphatic carbocycles. The fraction of sp³-hybridized carbons (Fsp3) is 0.333. The van der Waals surface area contributed by atoms with E-state index in [1.165, 1.54) is 42.7 Å². The van der Waals surface area contributed by atoms with E-state index in [-0.39, 0.29) is 0 Å². The molecule has 1 nitrogen and oxygen atoms in total. The van der Waals surface area contributed by atoms with Gasteiger partial charge in [-0.3, -0.25) is 0 Å². The van der Waals surface area contributed by atoms with Crippen LogP contribution in [0.4, 0.5) is 5.69 Å². The van der Waals surface area contributed by atoms with Gasteiger partial charge in [0.2, 0.25) is 0 Å². The number of nitrogens with zero attached hydrogens (tertiary/aromatic N) is 1. The van der Waals surface area contributed by atoms with Crippen LogP contribution < -0.4 is 4.90 Å². The zero-order valence-electron chi connectivity index (χ0n) is 7.66. The third-order valence-corrected chi connectivity index (χ3v) is 2.98. The Kier molecular flexibility index (Phi) is 1.45. The highest BCUT2D eigenvalue weighted by Gasteiger charge is 2.21. The van der Waals surface area contributed by atoms with Crippen molar-refractivity contribution in [3.05, 3.63) is 35.4 Å². The van der Waals surface area contributed by atoms with E-state index in [4.69, 9.17) is 0 Å². The molecule has 13 heavy (non-hydrogen) atoms. The summed E-state index contributed by atoms with van der Waals surface area (Å²) in [5.74, 6) is 0. The lowest BCUT2D eigenvalue weighted by Crippen LogP contribution is -2.20. The highest BCUT2D eigenvalue weighted by atomic mass is 15.1. The normalized spacial score (nSPS) is 18.6. The maximum absolute atomic E-state index is 2.52. The van der Waals surface area contributed by atoms with Gasteiger partial charge in [0, 0.05) is 18.8 Å². The van der Waals surface area contributed by atoms with Crippen molar-refractivity contribution >= 4 is 11.8 Å². The first-order valence-electron chi connectivity index (χ1n) is 4.98. The van der Waals surface area contributed by atoms with Crippen LogP contribution in [0.1, 0.15) is 17.5 Å². The molecule has 0 N–H and O–H groups in total. The number of anilines is 1. The Morgan fingerprint density at radius 3 is 3.15 bits per heavy atom. The van der Waals surface area contributed by atoms with Crippen molar-refractivity contribution in [3.63, 3.8) is 0 Å². The van der Waals surface area contributed by atoms with Gasteiger partial charge >= 0.3 is 0 Å². The molecule has 0 unspecified atom stereocenters. The molecule has 2 aliphatic rings. The van der Waals surface area contributed by atoms with Crippen LogP contribution in [0.2, 0.25) is 0 Å². The molecule has 0 spiro atoms. The lowest BCUT2D eigenvalue weighted by molar-refractivity contribution is 0.831. The van der Waals surface area contributed by atoms with Gasteiger partial charge in [0.15, 0.2) is 0 Å². The topological polar surface area (TPSA) is 3.24 Å². The molecule has 0 radical (unpaired) electrons. The Labute approximate surface area is 78.7 Å². The van der Waals surface area contributed by atoms with E-state index < -0.39 is 0 Å². The van der Waals surface area contributed by atoms with Crippen LogP contribution >= 0.6 is 0 Å². The largest absolute Gasteiger partial charge is 0.370 e. The molecule has 0 bridgehead atoms. The van der Waals surface area contributed by atoms with Crippen molar-refractivity contribution in [2.75, 3.05) is 18.0 Å². The quantitative estimate of drug-likeness (QED) is 0.579. The predicted molar refractivity (Wildman–Crippen MR) is 56.0 cm³/mol. The maximum atomic E-state index is 2.52. The average molecular weight is 171 g/mol. The van der Waals surface area contributed by atoms with Crippen LogP contribution in [0, 0.1) is 0 Å². The highest BCUT2D eigenvalue weighted by molar-refractivity contribution is 5.74. The molecule has 3 rings (SSSR count). The summed E-state index contributed by atoms with van der Waals surface area (Å²) in [6.07, 6.45) is 6.98. The molecule has 0 saturated carbocycles. The first kappa shape index (κ1) is 7.19. The van der Waals surface area contributed by atoms with Crippen molar-refractivity contribution in [3.8, 4) is 0 Å². The minimum atomic E-state index is 1.19. The van der Waals surface area contributed by atoms with E-state index in [9.17, 15) is 0 Å². The summed E-state index contributed by atoms with van der Waals surface area (Å²) in [5, 5.41) is 0. The molecule has 2 aliphatic heterocycles. The summed E-state index contributed by atoms with van der Waals surface area (Å²) in [6, 6.07) is 6.66. The first-order valence-corrected chi connectivity index (χ1v) is 4.98. The molecule has 66 valence electrons. The fourth-order valence-corrected chi connectivity index (χ4v) is 2.36. The Morgan fingerprint density at radius 2 is 2.15 bits per heavy atom. The van der Waals surface area contributed by atoms with Crippen molar-refractivity contribution < 1.29 is 0 Å². The van der Waals surface area contributed by atoms with Crippen LogP contribution in [0.5, 0.6) is 0 Å².